The van der Waals surface area contributed by atoms with Gasteiger partial charge in [-0.05, 0) is 24.9 Å². The molecule has 0 aliphatic heterocycles. The Morgan fingerprint density at radius 3 is 2.68 bits per heavy atom. The molecule has 1 N–H and O–H groups in total. The van der Waals surface area contributed by atoms with Gasteiger partial charge in [0.15, 0.2) is 0 Å². The van der Waals surface area contributed by atoms with Gasteiger partial charge in [-0.2, -0.15) is 0 Å². The number of imidazole rings is 1. The van der Waals surface area contributed by atoms with Gasteiger partial charge >= 0.3 is 0 Å². The Bertz CT molecular complexity index is 476. The summed E-state index contributed by atoms with van der Waals surface area (Å²) in [5.74, 6) is 1.16. The average molecular weight is 257 g/mol. The van der Waals surface area contributed by atoms with Gasteiger partial charge in [-0.1, -0.05) is 37.3 Å². The van der Waals surface area contributed by atoms with Crippen molar-refractivity contribution in [2.75, 3.05) is 6.54 Å². The van der Waals surface area contributed by atoms with E-state index in [1.54, 1.807) is 0 Å². The fourth-order valence-electron chi connectivity index (χ4n) is 2.40. The first-order valence-corrected chi connectivity index (χ1v) is 7.03. The highest BCUT2D eigenvalue weighted by molar-refractivity contribution is 5.16. The molecule has 0 aliphatic rings. The standard InChI is InChI=1S/C16H23N3/c1-3-17-15(13-14-7-5-4-6-8-14)9-10-16-18-11-12-19(16)2/h4-8,11-12,15,17H,3,9-10,13H2,1-2H3. The van der Waals surface area contributed by atoms with Gasteiger partial charge in [0.1, 0.15) is 5.82 Å². The molecule has 0 amide bonds. The Labute approximate surface area is 115 Å². The highest BCUT2D eigenvalue weighted by atomic mass is 15.0. The van der Waals surface area contributed by atoms with Crippen LogP contribution >= 0.6 is 0 Å². The number of nitrogens with zero attached hydrogens (tertiary/aromatic N) is 2. The molecule has 1 heterocycles. The number of nitrogens with one attached hydrogen (secondary N) is 1. The quantitative estimate of drug-likeness (QED) is 0.826. The number of rotatable bonds is 7. The Morgan fingerprint density at radius 2 is 2.05 bits per heavy atom. The van der Waals surface area contributed by atoms with Crippen molar-refractivity contribution in [3.05, 3.63) is 54.1 Å². The minimum absolute atomic E-state index is 0.518. The van der Waals surface area contributed by atoms with E-state index in [2.05, 4.69) is 59.2 Å². The van der Waals surface area contributed by atoms with E-state index in [-0.39, 0.29) is 0 Å². The number of hydrogen-bond acceptors (Lipinski definition) is 2. The van der Waals surface area contributed by atoms with Crippen LogP contribution in [0.15, 0.2) is 42.7 Å². The van der Waals surface area contributed by atoms with Crippen LogP contribution in [-0.2, 0) is 19.9 Å². The van der Waals surface area contributed by atoms with Crippen molar-refractivity contribution < 1.29 is 0 Å². The molecule has 0 aliphatic carbocycles. The molecule has 0 bridgehead atoms. The summed E-state index contributed by atoms with van der Waals surface area (Å²) >= 11 is 0. The van der Waals surface area contributed by atoms with E-state index in [0.717, 1.165) is 31.6 Å². The van der Waals surface area contributed by atoms with E-state index in [1.807, 2.05) is 12.4 Å². The van der Waals surface area contributed by atoms with Crippen LogP contribution < -0.4 is 5.32 Å². The smallest absolute Gasteiger partial charge is 0.108 e. The summed E-state index contributed by atoms with van der Waals surface area (Å²) in [6.07, 6.45) is 7.10. The molecular formula is C16H23N3. The molecule has 1 unspecified atom stereocenters. The van der Waals surface area contributed by atoms with Gasteiger partial charge in [0.05, 0.1) is 0 Å². The molecule has 3 heteroatoms. The summed E-state index contributed by atoms with van der Waals surface area (Å²) in [4.78, 5) is 4.39. The van der Waals surface area contributed by atoms with E-state index < -0.39 is 0 Å². The van der Waals surface area contributed by atoms with Crippen molar-refractivity contribution in [2.45, 2.75) is 32.2 Å². The molecule has 2 rings (SSSR count). The minimum Gasteiger partial charge on any atom is -0.338 e. The van der Waals surface area contributed by atoms with Gasteiger partial charge in [0.25, 0.3) is 0 Å². The zero-order chi connectivity index (χ0) is 13.5. The molecule has 0 spiro atoms. The zero-order valence-electron chi connectivity index (χ0n) is 11.8. The predicted octanol–water partition coefficient (Wildman–Crippen LogP) is 2.57. The minimum atomic E-state index is 0.518. The van der Waals surface area contributed by atoms with Crippen LogP contribution in [0.3, 0.4) is 0 Å². The summed E-state index contributed by atoms with van der Waals surface area (Å²) in [6.45, 7) is 3.18. The molecule has 0 saturated carbocycles. The lowest BCUT2D eigenvalue weighted by molar-refractivity contribution is 0.483. The number of hydrogen-bond donors (Lipinski definition) is 1. The van der Waals surface area contributed by atoms with E-state index in [1.165, 1.54) is 5.56 Å². The molecule has 2 aromatic rings. The monoisotopic (exact) mass is 257 g/mol. The van der Waals surface area contributed by atoms with Gasteiger partial charge < -0.3 is 9.88 Å². The summed E-state index contributed by atoms with van der Waals surface area (Å²) in [7, 11) is 2.06. The highest BCUT2D eigenvalue weighted by Gasteiger charge is 2.10. The van der Waals surface area contributed by atoms with Gasteiger partial charge in [-0.3, -0.25) is 0 Å². The van der Waals surface area contributed by atoms with E-state index >= 15 is 0 Å². The van der Waals surface area contributed by atoms with Gasteiger partial charge in [-0.15, -0.1) is 0 Å². The van der Waals surface area contributed by atoms with Crippen molar-refractivity contribution in [1.29, 1.82) is 0 Å². The second-order valence-corrected chi connectivity index (χ2v) is 4.94. The molecule has 0 radical (unpaired) electrons. The van der Waals surface area contributed by atoms with Crippen LogP contribution in [0.2, 0.25) is 0 Å². The van der Waals surface area contributed by atoms with E-state index in [0.29, 0.717) is 6.04 Å². The molecule has 1 atom stereocenters. The van der Waals surface area contributed by atoms with Crippen LogP contribution in [0.4, 0.5) is 0 Å². The first kappa shape index (κ1) is 13.8. The molecule has 0 saturated heterocycles. The predicted molar refractivity (Wildman–Crippen MR) is 79.1 cm³/mol. The summed E-state index contributed by atoms with van der Waals surface area (Å²) in [5, 5.41) is 3.58. The van der Waals surface area contributed by atoms with Crippen LogP contribution in [0.25, 0.3) is 0 Å². The molecule has 1 aromatic heterocycles. The third kappa shape index (κ3) is 4.21. The van der Waals surface area contributed by atoms with E-state index in [4.69, 9.17) is 0 Å². The second-order valence-electron chi connectivity index (χ2n) is 4.94. The van der Waals surface area contributed by atoms with Crippen molar-refractivity contribution >= 4 is 0 Å². The van der Waals surface area contributed by atoms with Crippen LogP contribution in [0.1, 0.15) is 24.7 Å². The molecule has 3 nitrogen and oxygen atoms in total. The maximum absolute atomic E-state index is 4.39. The normalized spacial score (nSPS) is 12.5. The SMILES string of the molecule is CCNC(CCc1nccn1C)Cc1ccccc1. The number of benzene rings is 1. The number of aromatic nitrogens is 2. The summed E-state index contributed by atoms with van der Waals surface area (Å²) in [6, 6.07) is 11.2. The van der Waals surface area contributed by atoms with Crippen molar-refractivity contribution in [1.82, 2.24) is 14.9 Å². The first-order valence-electron chi connectivity index (χ1n) is 7.03. The topological polar surface area (TPSA) is 29.9 Å². The second kappa shape index (κ2) is 7.10. The molecule has 19 heavy (non-hydrogen) atoms. The highest BCUT2D eigenvalue weighted by Crippen LogP contribution is 2.09. The average Bonchev–Trinajstić information content (AvgIpc) is 2.83. The largest absolute Gasteiger partial charge is 0.338 e. The third-order valence-corrected chi connectivity index (χ3v) is 3.46. The van der Waals surface area contributed by atoms with Crippen LogP contribution in [0.5, 0.6) is 0 Å². The fraction of sp³-hybridized carbons (Fsp3) is 0.438. The van der Waals surface area contributed by atoms with Crippen LogP contribution in [0, 0.1) is 0 Å². The third-order valence-electron chi connectivity index (χ3n) is 3.46. The van der Waals surface area contributed by atoms with Gasteiger partial charge in [-0.25, -0.2) is 4.98 Å². The molecule has 1 aromatic carbocycles. The Morgan fingerprint density at radius 1 is 1.26 bits per heavy atom. The molecule has 0 fully saturated rings. The lowest BCUT2D eigenvalue weighted by atomic mass is 10.0. The van der Waals surface area contributed by atoms with Crippen LogP contribution in [-0.4, -0.2) is 22.1 Å². The maximum Gasteiger partial charge on any atom is 0.108 e. The molecule has 102 valence electrons. The Kier molecular flexibility index (Phi) is 5.16. The van der Waals surface area contributed by atoms with E-state index in [9.17, 15) is 0 Å². The van der Waals surface area contributed by atoms with Crippen molar-refractivity contribution in [2.24, 2.45) is 7.05 Å². The Hall–Kier alpha value is -1.61. The van der Waals surface area contributed by atoms with Gasteiger partial charge in [0.2, 0.25) is 0 Å². The molecular weight excluding hydrogens is 234 g/mol. The van der Waals surface area contributed by atoms with Crippen molar-refractivity contribution in [3.8, 4) is 0 Å². The summed E-state index contributed by atoms with van der Waals surface area (Å²) in [5.41, 5.74) is 1.40. The number of likely N-dealkylation sites (N-methyl/N-ethyl adjacent to an activating group) is 1. The summed E-state index contributed by atoms with van der Waals surface area (Å²) < 4.78 is 2.10. The zero-order valence-corrected chi connectivity index (χ0v) is 11.8. The number of aryl methyl sites for hydroxylation is 2. The lowest BCUT2D eigenvalue weighted by Gasteiger charge is -2.17. The first-order chi connectivity index (χ1) is 9.29. The van der Waals surface area contributed by atoms with Gasteiger partial charge in [0, 0.05) is 31.9 Å². The maximum atomic E-state index is 4.39. The fourth-order valence-corrected chi connectivity index (χ4v) is 2.40. The Balaban J connectivity index is 1.91. The van der Waals surface area contributed by atoms with Crippen molar-refractivity contribution in [3.63, 3.8) is 0 Å². The lowest BCUT2D eigenvalue weighted by Crippen LogP contribution is -2.31.